The van der Waals surface area contributed by atoms with Crippen molar-refractivity contribution in [1.82, 2.24) is 9.55 Å². The van der Waals surface area contributed by atoms with Crippen molar-refractivity contribution in [2.45, 2.75) is 38.6 Å². The highest BCUT2D eigenvalue weighted by molar-refractivity contribution is 5.60. The molecule has 0 radical (unpaired) electrons. The molecule has 21 heavy (non-hydrogen) atoms. The maximum absolute atomic E-state index is 13.3. The van der Waals surface area contributed by atoms with Crippen molar-refractivity contribution in [3.05, 3.63) is 42.0 Å². The fourth-order valence-corrected chi connectivity index (χ4v) is 3.38. The van der Waals surface area contributed by atoms with Crippen LogP contribution in [0.4, 0.5) is 4.39 Å². The predicted molar refractivity (Wildman–Crippen MR) is 80.4 cm³/mol. The molecular formula is C17H21FN2O. The lowest BCUT2D eigenvalue weighted by Gasteiger charge is -2.30. The van der Waals surface area contributed by atoms with Crippen LogP contribution in [0.2, 0.25) is 0 Å². The molecule has 0 bridgehead atoms. The topological polar surface area (TPSA) is 38.0 Å². The van der Waals surface area contributed by atoms with E-state index in [2.05, 4.69) is 9.55 Å². The first-order chi connectivity index (χ1) is 10.2. The number of halogens is 1. The number of rotatable bonds is 3. The van der Waals surface area contributed by atoms with Gasteiger partial charge in [0.15, 0.2) is 0 Å². The number of hydrogen-bond donors (Lipinski definition) is 1. The zero-order valence-corrected chi connectivity index (χ0v) is 12.3. The minimum Gasteiger partial charge on any atom is -0.396 e. The Morgan fingerprint density at radius 2 is 2.24 bits per heavy atom. The number of aryl methyl sites for hydroxylation is 1. The van der Waals surface area contributed by atoms with E-state index < -0.39 is 0 Å². The van der Waals surface area contributed by atoms with E-state index in [1.807, 2.05) is 13.1 Å². The minimum absolute atomic E-state index is 0.215. The van der Waals surface area contributed by atoms with Gasteiger partial charge in [0.25, 0.3) is 0 Å². The van der Waals surface area contributed by atoms with Crippen molar-refractivity contribution in [2.75, 3.05) is 6.61 Å². The van der Waals surface area contributed by atoms with Gasteiger partial charge in [0.2, 0.25) is 0 Å². The molecule has 0 saturated heterocycles. The fraction of sp³-hybridized carbons (Fsp3) is 0.471. The molecule has 4 heteroatoms. The lowest BCUT2D eigenvalue weighted by Crippen LogP contribution is -2.21. The molecule has 1 aromatic carbocycles. The summed E-state index contributed by atoms with van der Waals surface area (Å²) in [6, 6.07) is 5.21. The van der Waals surface area contributed by atoms with Crippen LogP contribution in [0.1, 0.15) is 37.3 Å². The monoisotopic (exact) mass is 288 g/mol. The van der Waals surface area contributed by atoms with Gasteiger partial charge in [-0.2, -0.15) is 0 Å². The lowest BCUT2D eigenvalue weighted by atomic mass is 9.86. The van der Waals surface area contributed by atoms with Gasteiger partial charge in [-0.1, -0.05) is 6.42 Å². The average Bonchev–Trinajstić information content (AvgIpc) is 2.96. The van der Waals surface area contributed by atoms with Crippen molar-refractivity contribution in [2.24, 2.45) is 5.92 Å². The van der Waals surface area contributed by atoms with Crippen LogP contribution < -0.4 is 0 Å². The Balaban J connectivity index is 1.93. The number of nitrogens with zero attached hydrogens (tertiary/aromatic N) is 2. The third-order valence-electron chi connectivity index (χ3n) is 4.50. The molecule has 0 unspecified atom stereocenters. The van der Waals surface area contributed by atoms with Gasteiger partial charge in [0, 0.05) is 30.6 Å². The SMILES string of the molecule is Cc1cc(F)ccc1-c1nccn1[C@@H]1CCC[C@H](CO)C1. The molecule has 1 aromatic heterocycles. The van der Waals surface area contributed by atoms with E-state index in [0.717, 1.165) is 42.6 Å². The maximum atomic E-state index is 13.3. The van der Waals surface area contributed by atoms with Crippen LogP contribution in [-0.2, 0) is 0 Å². The zero-order valence-electron chi connectivity index (χ0n) is 12.3. The van der Waals surface area contributed by atoms with Gasteiger partial charge in [-0.05, 0) is 55.9 Å². The van der Waals surface area contributed by atoms with Gasteiger partial charge in [0.05, 0.1) is 0 Å². The van der Waals surface area contributed by atoms with Gasteiger partial charge < -0.3 is 9.67 Å². The van der Waals surface area contributed by atoms with E-state index in [0.29, 0.717) is 12.0 Å². The third kappa shape index (κ3) is 2.86. The van der Waals surface area contributed by atoms with Crippen LogP contribution in [0.5, 0.6) is 0 Å². The van der Waals surface area contributed by atoms with E-state index >= 15 is 0 Å². The van der Waals surface area contributed by atoms with E-state index in [9.17, 15) is 9.50 Å². The van der Waals surface area contributed by atoms with Crippen LogP contribution in [-0.4, -0.2) is 21.3 Å². The van der Waals surface area contributed by atoms with Gasteiger partial charge in [-0.25, -0.2) is 9.37 Å². The average molecular weight is 288 g/mol. The molecule has 0 spiro atoms. The Hall–Kier alpha value is -1.68. The number of aromatic nitrogens is 2. The molecule has 2 aromatic rings. The van der Waals surface area contributed by atoms with Gasteiger partial charge in [0.1, 0.15) is 11.6 Å². The number of aliphatic hydroxyl groups excluding tert-OH is 1. The Morgan fingerprint density at radius 1 is 1.38 bits per heavy atom. The molecule has 3 nitrogen and oxygen atoms in total. The molecule has 2 atom stereocenters. The first-order valence-corrected chi connectivity index (χ1v) is 7.59. The molecule has 1 saturated carbocycles. The normalized spacial score (nSPS) is 22.4. The largest absolute Gasteiger partial charge is 0.396 e. The molecule has 3 rings (SSSR count). The van der Waals surface area contributed by atoms with Crippen molar-refractivity contribution >= 4 is 0 Å². The Morgan fingerprint density at radius 3 is 3.00 bits per heavy atom. The van der Waals surface area contributed by atoms with Crippen molar-refractivity contribution in [1.29, 1.82) is 0 Å². The molecule has 112 valence electrons. The lowest BCUT2D eigenvalue weighted by molar-refractivity contribution is 0.163. The van der Waals surface area contributed by atoms with E-state index in [1.54, 1.807) is 18.3 Å². The molecular weight excluding hydrogens is 267 g/mol. The fourth-order valence-electron chi connectivity index (χ4n) is 3.38. The summed E-state index contributed by atoms with van der Waals surface area (Å²) in [7, 11) is 0. The third-order valence-corrected chi connectivity index (χ3v) is 4.50. The smallest absolute Gasteiger partial charge is 0.140 e. The van der Waals surface area contributed by atoms with E-state index in [-0.39, 0.29) is 12.4 Å². The van der Waals surface area contributed by atoms with Crippen LogP contribution >= 0.6 is 0 Å². The predicted octanol–water partition coefficient (Wildman–Crippen LogP) is 3.72. The van der Waals surface area contributed by atoms with E-state index in [4.69, 9.17) is 0 Å². The highest BCUT2D eigenvalue weighted by Crippen LogP contribution is 2.35. The molecule has 1 N–H and O–H groups in total. The Labute approximate surface area is 124 Å². The standard InChI is InChI=1S/C17H21FN2O/c1-12-9-14(18)5-6-16(12)17-19-7-8-20(17)15-4-2-3-13(10-15)11-21/h5-9,13,15,21H,2-4,10-11H2,1H3/t13-,15+/m0/s1. The molecule has 1 heterocycles. The maximum Gasteiger partial charge on any atom is 0.140 e. The van der Waals surface area contributed by atoms with Crippen LogP contribution in [0.3, 0.4) is 0 Å². The van der Waals surface area contributed by atoms with Crippen molar-refractivity contribution < 1.29 is 9.50 Å². The second kappa shape index (κ2) is 5.98. The first kappa shape index (κ1) is 14.3. The molecule has 1 aliphatic carbocycles. The summed E-state index contributed by atoms with van der Waals surface area (Å²) in [5, 5.41) is 9.40. The summed E-state index contributed by atoms with van der Waals surface area (Å²) in [5.74, 6) is 1.07. The Kier molecular flexibility index (Phi) is 4.06. The van der Waals surface area contributed by atoms with Gasteiger partial charge >= 0.3 is 0 Å². The highest BCUT2D eigenvalue weighted by atomic mass is 19.1. The van der Waals surface area contributed by atoms with Crippen LogP contribution in [0, 0.1) is 18.7 Å². The molecule has 1 fully saturated rings. The first-order valence-electron chi connectivity index (χ1n) is 7.59. The number of benzene rings is 1. The second-order valence-corrected chi connectivity index (χ2v) is 5.99. The molecule has 1 aliphatic rings. The quantitative estimate of drug-likeness (QED) is 0.934. The molecule has 0 aliphatic heterocycles. The minimum atomic E-state index is -0.215. The van der Waals surface area contributed by atoms with Crippen molar-refractivity contribution in [3.63, 3.8) is 0 Å². The number of hydrogen-bond acceptors (Lipinski definition) is 2. The second-order valence-electron chi connectivity index (χ2n) is 5.99. The van der Waals surface area contributed by atoms with Gasteiger partial charge in [-0.3, -0.25) is 0 Å². The van der Waals surface area contributed by atoms with Crippen LogP contribution in [0.15, 0.2) is 30.6 Å². The summed E-state index contributed by atoms with van der Waals surface area (Å²) in [5.41, 5.74) is 1.88. The summed E-state index contributed by atoms with van der Waals surface area (Å²) < 4.78 is 15.5. The summed E-state index contributed by atoms with van der Waals surface area (Å²) in [6.45, 7) is 2.17. The number of aliphatic hydroxyl groups is 1. The Bertz CT molecular complexity index is 623. The van der Waals surface area contributed by atoms with Crippen molar-refractivity contribution in [3.8, 4) is 11.4 Å². The number of imidazole rings is 1. The van der Waals surface area contributed by atoms with E-state index in [1.165, 1.54) is 6.07 Å². The summed E-state index contributed by atoms with van der Waals surface area (Å²) in [6.07, 6.45) is 8.14. The zero-order chi connectivity index (χ0) is 14.8. The van der Waals surface area contributed by atoms with Gasteiger partial charge in [-0.15, -0.1) is 0 Å². The van der Waals surface area contributed by atoms with Crippen LogP contribution in [0.25, 0.3) is 11.4 Å². The molecule has 0 amide bonds. The summed E-state index contributed by atoms with van der Waals surface area (Å²) >= 11 is 0. The summed E-state index contributed by atoms with van der Waals surface area (Å²) in [4.78, 5) is 4.48. The highest BCUT2D eigenvalue weighted by Gasteiger charge is 2.24.